The predicted molar refractivity (Wildman–Crippen MR) is 92.3 cm³/mol. The van der Waals surface area contributed by atoms with Crippen LogP contribution in [0.25, 0.3) is 11.5 Å². The molecule has 0 radical (unpaired) electrons. The monoisotopic (exact) mass is 348 g/mol. The second kappa shape index (κ2) is 8.20. The topological polar surface area (TPSA) is 55.6 Å². The molecule has 0 unspecified atom stereocenters. The first-order chi connectivity index (χ1) is 11.8. The van der Waals surface area contributed by atoms with E-state index in [0.29, 0.717) is 30.5 Å². The minimum absolute atomic E-state index is 0.121. The molecule has 5 nitrogen and oxygen atoms in total. The molecule has 1 aliphatic rings. The number of ether oxygens (including phenoxy) is 1. The largest absolute Gasteiger partial charge is 0.494 e. The molecule has 0 N–H and O–H groups in total. The Bertz CT molecular complexity index is 663. The Labute approximate surface area is 146 Å². The summed E-state index contributed by atoms with van der Waals surface area (Å²) >= 11 is 5.63. The summed E-state index contributed by atoms with van der Waals surface area (Å²) < 4.78 is 11.1. The summed E-state index contributed by atoms with van der Waals surface area (Å²) in [6.07, 6.45) is 4.86. The van der Waals surface area contributed by atoms with Crippen molar-refractivity contribution in [2.45, 2.75) is 25.7 Å². The molecule has 1 fully saturated rings. The zero-order valence-electron chi connectivity index (χ0n) is 13.5. The number of carbonyl (C=O) groups is 1. The predicted octanol–water partition coefficient (Wildman–Crippen LogP) is 3.51. The molecule has 3 rings (SSSR count). The number of alkyl halides is 1. The lowest BCUT2D eigenvalue weighted by Gasteiger charge is -2.13. The number of carbonyl (C=O) groups excluding carboxylic acids is 1. The number of hydrogen-bond donors (Lipinski definition) is 0. The number of halogens is 1. The van der Waals surface area contributed by atoms with Crippen molar-refractivity contribution in [1.82, 2.24) is 9.88 Å². The molecule has 6 heteroatoms. The number of nitrogens with zero attached hydrogens (tertiary/aromatic N) is 2. The second-order valence-electron chi connectivity index (χ2n) is 5.82. The SMILES string of the molecule is O=C(Cc1coc(-c2ccc(OCCCCl)cc2)n1)N1CCCC1. The van der Waals surface area contributed by atoms with Gasteiger partial charge in [-0.05, 0) is 43.5 Å². The number of likely N-dealkylation sites (tertiary alicyclic amines) is 1. The van der Waals surface area contributed by atoms with Gasteiger partial charge in [-0.3, -0.25) is 4.79 Å². The van der Waals surface area contributed by atoms with Crippen LogP contribution in [0.4, 0.5) is 0 Å². The normalized spacial score (nSPS) is 14.1. The summed E-state index contributed by atoms with van der Waals surface area (Å²) in [7, 11) is 0. The summed E-state index contributed by atoms with van der Waals surface area (Å²) in [5.74, 6) is 2.02. The van der Waals surface area contributed by atoms with Gasteiger partial charge in [-0.25, -0.2) is 4.98 Å². The standard InChI is InChI=1S/C18H21ClN2O3/c19-8-3-11-23-16-6-4-14(5-7-16)18-20-15(13-24-18)12-17(22)21-9-1-2-10-21/h4-7,13H,1-3,8-12H2. The minimum Gasteiger partial charge on any atom is -0.494 e. The van der Waals surface area contributed by atoms with E-state index in [9.17, 15) is 4.79 Å². The molecule has 0 saturated carbocycles. The second-order valence-corrected chi connectivity index (χ2v) is 6.20. The van der Waals surface area contributed by atoms with Crippen molar-refractivity contribution < 1.29 is 13.9 Å². The Morgan fingerprint density at radius 1 is 1.25 bits per heavy atom. The van der Waals surface area contributed by atoms with Crippen molar-refractivity contribution in [1.29, 1.82) is 0 Å². The van der Waals surface area contributed by atoms with Gasteiger partial charge in [0.05, 0.1) is 18.7 Å². The van der Waals surface area contributed by atoms with Gasteiger partial charge in [0.2, 0.25) is 11.8 Å². The van der Waals surface area contributed by atoms with Gasteiger partial charge in [-0.15, -0.1) is 11.6 Å². The van der Waals surface area contributed by atoms with Crippen LogP contribution in [-0.4, -0.2) is 41.4 Å². The van der Waals surface area contributed by atoms with Crippen LogP contribution < -0.4 is 4.74 Å². The van der Waals surface area contributed by atoms with Crippen molar-refractivity contribution in [3.05, 3.63) is 36.2 Å². The summed E-state index contributed by atoms with van der Waals surface area (Å²) in [6.45, 7) is 2.31. The van der Waals surface area contributed by atoms with Crippen molar-refractivity contribution in [3.8, 4) is 17.2 Å². The molecule has 1 aliphatic heterocycles. The summed E-state index contributed by atoms with van der Waals surface area (Å²) in [5, 5.41) is 0. The van der Waals surface area contributed by atoms with Crippen LogP contribution in [0.5, 0.6) is 5.75 Å². The molecule has 2 aromatic rings. The van der Waals surface area contributed by atoms with E-state index in [1.165, 1.54) is 0 Å². The molecule has 24 heavy (non-hydrogen) atoms. The smallest absolute Gasteiger partial charge is 0.228 e. The van der Waals surface area contributed by atoms with Gasteiger partial charge in [-0.1, -0.05) is 0 Å². The highest BCUT2D eigenvalue weighted by molar-refractivity contribution is 6.17. The van der Waals surface area contributed by atoms with Gasteiger partial charge in [0.15, 0.2) is 0 Å². The lowest BCUT2D eigenvalue weighted by Crippen LogP contribution is -2.29. The maximum atomic E-state index is 12.1. The molecule has 0 bridgehead atoms. The van der Waals surface area contributed by atoms with Gasteiger partial charge >= 0.3 is 0 Å². The van der Waals surface area contributed by atoms with E-state index in [1.54, 1.807) is 6.26 Å². The van der Waals surface area contributed by atoms with E-state index in [1.807, 2.05) is 29.2 Å². The summed E-state index contributed by atoms with van der Waals surface area (Å²) in [6, 6.07) is 7.55. The van der Waals surface area contributed by atoms with Crippen molar-refractivity contribution >= 4 is 17.5 Å². The molecule has 1 amide bonds. The zero-order chi connectivity index (χ0) is 16.8. The van der Waals surface area contributed by atoms with Gasteiger partial charge in [-0.2, -0.15) is 0 Å². The van der Waals surface area contributed by atoms with Crippen LogP contribution in [0.15, 0.2) is 34.9 Å². The molecular weight excluding hydrogens is 328 g/mol. The number of oxazole rings is 1. The van der Waals surface area contributed by atoms with E-state index in [4.69, 9.17) is 20.8 Å². The summed E-state index contributed by atoms with van der Waals surface area (Å²) in [4.78, 5) is 18.5. The lowest BCUT2D eigenvalue weighted by atomic mass is 10.2. The first-order valence-electron chi connectivity index (χ1n) is 8.27. The van der Waals surface area contributed by atoms with Crippen LogP contribution in [0, 0.1) is 0 Å². The van der Waals surface area contributed by atoms with E-state index >= 15 is 0 Å². The van der Waals surface area contributed by atoms with E-state index in [-0.39, 0.29) is 5.91 Å². The number of rotatable bonds is 7. The van der Waals surface area contributed by atoms with Crippen LogP contribution in [0.1, 0.15) is 25.0 Å². The summed E-state index contributed by atoms with van der Waals surface area (Å²) in [5.41, 5.74) is 1.53. The fourth-order valence-electron chi connectivity index (χ4n) is 2.69. The fourth-order valence-corrected chi connectivity index (χ4v) is 2.80. The van der Waals surface area contributed by atoms with E-state index in [2.05, 4.69) is 4.98 Å². The van der Waals surface area contributed by atoms with Crippen molar-refractivity contribution in [2.24, 2.45) is 0 Å². The maximum Gasteiger partial charge on any atom is 0.228 e. The third-order valence-electron chi connectivity index (χ3n) is 3.99. The first-order valence-corrected chi connectivity index (χ1v) is 8.81. The van der Waals surface area contributed by atoms with Gasteiger partial charge < -0.3 is 14.1 Å². The molecule has 1 aromatic heterocycles. The number of amides is 1. The third-order valence-corrected chi connectivity index (χ3v) is 4.26. The minimum atomic E-state index is 0.121. The van der Waals surface area contributed by atoms with E-state index in [0.717, 1.165) is 43.7 Å². The van der Waals surface area contributed by atoms with Crippen LogP contribution >= 0.6 is 11.6 Å². The Morgan fingerprint density at radius 2 is 2.00 bits per heavy atom. The first kappa shape index (κ1) is 16.8. The third kappa shape index (κ3) is 4.29. The average Bonchev–Trinajstić information content (AvgIpc) is 3.27. The Kier molecular flexibility index (Phi) is 5.75. The number of benzene rings is 1. The molecule has 1 saturated heterocycles. The van der Waals surface area contributed by atoms with Crippen LogP contribution in [-0.2, 0) is 11.2 Å². The number of aromatic nitrogens is 1. The van der Waals surface area contributed by atoms with Crippen LogP contribution in [0.2, 0.25) is 0 Å². The quantitative estimate of drug-likeness (QED) is 0.567. The molecule has 0 atom stereocenters. The average molecular weight is 349 g/mol. The number of hydrogen-bond acceptors (Lipinski definition) is 4. The molecule has 0 spiro atoms. The lowest BCUT2D eigenvalue weighted by molar-refractivity contribution is -0.129. The van der Waals surface area contributed by atoms with Crippen molar-refractivity contribution in [3.63, 3.8) is 0 Å². The Morgan fingerprint density at radius 3 is 2.71 bits per heavy atom. The molecule has 128 valence electrons. The molecular formula is C18H21ClN2O3. The highest BCUT2D eigenvalue weighted by atomic mass is 35.5. The molecule has 0 aliphatic carbocycles. The highest BCUT2D eigenvalue weighted by Gasteiger charge is 2.19. The van der Waals surface area contributed by atoms with Crippen LogP contribution in [0.3, 0.4) is 0 Å². The maximum absolute atomic E-state index is 12.1. The van der Waals surface area contributed by atoms with Gasteiger partial charge in [0, 0.05) is 24.5 Å². The van der Waals surface area contributed by atoms with E-state index < -0.39 is 0 Å². The van der Waals surface area contributed by atoms with Crippen molar-refractivity contribution in [2.75, 3.05) is 25.6 Å². The molecule has 2 heterocycles. The highest BCUT2D eigenvalue weighted by Crippen LogP contribution is 2.22. The Balaban J connectivity index is 1.59. The zero-order valence-corrected chi connectivity index (χ0v) is 14.3. The Hall–Kier alpha value is -2.01. The fraction of sp³-hybridized carbons (Fsp3) is 0.444. The molecule has 1 aromatic carbocycles. The van der Waals surface area contributed by atoms with Gasteiger partial charge in [0.25, 0.3) is 0 Å². The van der Waals surface area contributed by atoms with Gasteiger partial charge in [0.1, 0.15) is 12.0 Å².